The second kappa shape index (κ2) is 23.2. The number of carboxylic acid groups (broad SMARTS) is 1. The van der Waals surface area contributed by atoms with E-state index < -0.39 is 5.97 Å². The zero-order valence-corrected chi connectivity index (χ0v) is 18.3. The van der Waals surface area contributed by atoms with Crippen LogP contribution in [0.4, 0.5) is 0 Å². The Morgan fingerprint density at radius 1 is 0.708 bits per heavy atom. The first-order chi connectivity index (χ1) is 11.5. The van der Waals surface area contributed by atoms with Gasteiger partial charge in [0.05, 0.1) is 0 Å². The van der Waals surface area contributed by atoms with Gasteiger partial charge < -0.3 is 5.11 Å². The summed E-state index contributed by atoms with van der Waals surface area (Å²) in [6.07, 6.45) is 20.2. The molecule has 0 aromatic heterocycles. The van der Waals surface area contributed by atoms with Crippen molar-refractivity contribution in [3.05, 3.63) is 0 Å². The van der Waals surface area contributed by atoms with Crippen LogP contribution in [0.5, 0.6) is 0 Å². The van der Waals surface area contributed by atoms with Crippen molar-refractivity contribution in [3.8, 4) is 0 Å². The van der Waals surface area contributed by atoms with Crippen LogP contribution >= 0.6 is 0 Å². The second-order valence-electron chi connectivity index (χ2n) is 7.25. The number of unbranched alkanes of at least 4 members (excludes halogenated alkanes) is 14. The average Bonchev–Trinajstić information content (AvgIpc) is 2.50. The Labute approximate surface area is 164 Å². The fraction of sp³-hybridized carbons (Fsp3) is 0.952. The molecule has 143 valence electrons. The molecule has 0 fully saturated rings. The van der Waals surface area contributed by atoms with Gasteiger partial charge in [-0.05, 0) is 6.42 Å². The van der Waals surface area contributed by atoms with Crippen molar-refractivity contribution in [3.63, 3.8) is 0 Å². The molecule has 0 amide bonds. The molecule has 24 heavy (non-hydrogen) atoms. The van der Waals surface area contributed by atoms with Crippen molar-refractivity contribution in [2.24, 2.45) is 0 Å². The summed E-state index contributed by atoms with van der Waals surface area (Å²) in [5, 5.41) is 8.52. The van der Waals surface area contributed by atoms with Crippen LogP contribution in [0.2, 0.25) is 4.22 Å². The van der Waals surface area contributed by atoms with Crippen LogP contribution in [0.25, 0.3) is 0 Å². The van der Waals surface area contributed by atoms with Crippen LogP contribution in [0.3, 0.4) is 0 Å². The normalized spacial score (nSPS) is 10.5. The van der Waals surface area contributed by atoms with Crippen molar-refractivity contribution in [2.45, 2.75) is 128 Å². The fourth-order valence-electron chi connectivity index (χ4n) is 2.65. The molecular formula is C21H43O2Ti. The molecule has 0 aliphatic heterocycles. The summed E-state index contributed by atoms with van der Waals surface area (Å²) >= 11 is 2.17. The molecule has 3 heteroatoms. The molecule has 0 rings (SSSR count). The van der Waals surface area contributed by atoms with Gasteiger partial charge in [-0.3, -0.25) is 4.79 Å². The topological polar surface area (TPSA) is 37.3 Å². The summed E-state index contributed by atoms with van der Waals surface area (Å²) in [7, 11) is 0. The number of carbonyl (C=O) groups is 1. The van der Waals surface area contributed by atoms with Crippen molar-refractivity contribution < 1.29 is 30.3 Å². The van der Waals surface area contributed by atoms with Gasteiger partial charge in [-0.15, -0.1) is 0 Å². The number of aliphatic carboxylic acids is 1. The molecule has 0 aromatic carbocycles. The van der Waals surface area contributed by atoms with Crippen LogP contribution in [0, 0.1) is 0 Å². The Balaban J connectivity index is 0. The van der Waals surface area contributed by atoms with Crippen molar-refractivity contribution in [1.29, 1.82) is 0 Å². The number of hydrogen-bond donors (Lipinski definition) is 1. The molecule has 2 nitrogen and oxygen atoms in total. The van der Waals surface area contributed by atoms with Crippen LogP contribution in [-0.4, -0.2) is 11.1 Å². The third-order valence-electron chi connectivity index (χ3n) is 3.99. The Kier molecular flexibility index (Phi) is 25.5. The van der Waals surface area contributed by atoms with Gasteiger partial charge in [-0.2, -0.15) is 0 Å². The quantitative estimate of drug-likeness (QED) is 0.222. The second-order valence-corrected chi connectivity index (χ2v) is 9.05. The third-order valence-corrected chi connectivity index (χ3v) is 3.99. The summed E-state index contributed by atoms with van der Waals surface area (Å²) < 4.78 is 0.833. The summed E-state index contributed by atoms with van der Waals surface area (Å²) in [5.41, 5.74) is 0. The minimum atomic E-state index is -0.653. The Hall–Kier alpha value is 0.184. The van der Waals surface area contributed by atoms with E-state index in [9.17, 15) is 4.79 Å². The first kappa shape index (κ1) is 26.4. The van der Waals surface area contributed by atoms with E-state index in [0.29, 0.717) is 6.42 Å². The van der Waals surface area contributed by atoms with E-state index >= 15 is 0 Å². The minimum absolute atomic E-state index is 0.345. The van der Waals surface area contributed by atoms with Gasteiger partial charge in [-0.1, -0.05) is 96.8 Å². The van der Waals surface area contributed by atoms with E-state index in [1.165, 1.54) is 83.5 Å². The van der Waals surface area contributed by atoms with Crippen LogP contribution in [-0.2, 0) is 25.2 Å². The average molecular weight is 375 g/mol. The molecule has 1 N–H and O–H groups in total. The van der Waals surface area contributed by atoms with Crippen molar-refractivity contribution >= 4 is 5.97 Å². The van der Waals surface area contributed by atoms with Gasteiger partial charge in [0.1, 0.15) is 0 Å². The van der Waals surface area contributed by atoms with Crippen molar-refractivity contribution in [1.82, 2.24) is 0 Å². The van der Waals surface area contributed by atoms with Gasteiger partial charge >= 0.3 is 44.5 Å². The van der Waals surface area contributed by atoms with Crippen molar-refractivity contribution in [2.75, 3.05) is 0 Å². The molecule has 0 saturated carbocycles. The molecule has 0 aromatic rings. The monoisotopic (exact) mass is 375 g/mol. The van der Waals surface area contributed by atoms with E-state index in [1.54, 1.807) is 0 Å². The van der Waals surface area contributed by atoms with E-state index in [-0.39, 0.29) is 0 Å². The van der Waals surface area contributed by atoms with E-state index in [0.717, 1.165) is 17.1 Å². The van der Waals surface area contributed by atoms with E-state index in [2.05, 4.69) is 41.2 Å². The molecule has 0 aliphatic carbocycles. The molecule has 0 heterocycles. The fourth-order valence-corrected chi connectivity index (χ4v) is 2.65. The molecule has 0 bridgehead atoms. The summed E-state index contributed by atoms with van der Waals surface area (Å²) in [6, 6.07) is 0. The molecule has 0 unspecified atom stereocenters. The van der Waals surface area contributed by atoms with Gasteiger partial charge in [-0.25, -0.2) is 0 Å². The SMILES string of the molecule is CCCCCCCCCCCCCCCCCC(=O)O.C[CH](C)[Ti]. The zero-order chi connectivity index (χ0) is 18.5. The van der Waals surface area contributed by atoms with E-state index in [1.807, 2.05) is 0 Å². The molecule has 0 atom stereocenters. The number of hydrogen-bond acceptors (Lipinski definition) is 1. The zero-order valence-electron chi connectivity index (χ0n) is 16.7. The Morgan fingerprint density at radius 3 is 1.21 bits per heavy atom. The molecule has 0 radical (unpaired) electrons. The Bertz CT molecular complexity index is 239. The summed E-state index contributed by atoms with van der Waals surface area (Å²) in [5.74, 6) is -0.653. The van der Waals surface area contributed by atoms with Gasteiger partial charge in [0.25, 0.3) is 0 Å². The first-order valence-electron chi connectivity index (χ1n) is 10.4. The van der Waals surface area contributed by atoms with Crippen LogP contribution < -0.4 is 0 Å². The van der Waals surface area contributed by atoms with Crippen LogP contribution in [0.15, 0.2) is 0 Å². The summed E-state index contributed by atoms with van der Waals surface area (Å²) in [4.78, 5) is 10.3. The standard InChI is InChI=1S/C18H36O2.C3H7.Ti/c1-2-3-4-5-6-7-8-9-10-11-12-13-14-15-16-17-18(19)20;1-3-2;/h2-17H2,1H3,(H,19,20);3H,1-2H3;. The van der Waals surface area contributed by atoms with Crippen LogP contribution in [0.1, 0.15) is 124 Å². The maximum absolute atomic E-state index is 10.3. The van der Waals surface area contributed by atoms with E-state index in [4.69, 9.17) is 5.11 Å². The summed E-state index contributed by atoms with van der Waals surface area (Å²) in [6.45, 7) is 6.60. The van der Waals surface area contributed by atoms with Gasteiger partial charge in [0, 0.05) is 6.42 Å². The number of carboxylic acids is 1. The molecular weight excluding hydrogens is 332 g/mol. The predicted molar refractivity (Wildman–Crippen MR) is 102 cm³/mol. The number of rotatable bonds is 16. The van der Waals surface area contributed by atoms with Gasteiger partial charge in [0.15, 0.2) is 0 Å². The maximum atomic E-state index is 10.3. The van der Waals surface area contributed by atoms with Gasteiger partial charge in [0.2, 0.25) is 0 Å². The molecule has 0 saturated heterocycles. The predicted octanol–water partition coefficient (Wildman–Crippen LogP) is 7.69. The Morgan fingerprint density at radius 2 is 0.958 bits per heavy atom. The first-order valence-corrected chi connectivity index (χ1v) is 11.3. The third kappa shape index (κ3) is 33.7. The molecule has 0 aliphatic rings. The molecule has 0 spiro atoms.